The number of carbonyl (C=O) groups is 1. The van der Waals surface area contributed by atoms with Gasteiger partial charge in [0.25, 0.3) is 0 Å². The van der Waals surface area contributed by atoms with Gasteiger partial charge in [0.15, 0.2) is 0 Å². The monoisotopic (exact) mass is 278 g/mol. The normalized spacial score (nSPS) is 25.0. The molecule has 19 heavy (non-hydrogen) atoms. The molecule has 4 heteroatoms. The molecular formula is C15H22N2OS. The lowest BCUT2D eigenvalue weighted by Crippen LogP contribution is -2.53. The Balaban J connectivity index is 1.75. The van der Waals surface area contributed by atoms with Crippen molar-refractivity contribution in [2.24, 2.45) is 5.73 Å². The average Bonchev–Trinajstić information content (AvgIpc) is 3.06. The van der Waals surface area contributed by atoms with Crippen LogP contribution in [0.5, 0.6) is 0 Å². The maximum absolute atomic E-state index is 12.6. The molecule has 104 valence electrons. The number of hydrogen-bond donors (Lipinski definition) is 2. The predicted octanol–water partition coefficient (Wildman–Crippen LogP) is 2.56. The number of hydrogen-bond acceptors (Lipinski definition) is 3. The Labute approximate surface area is 118 Å². The van der Waals surface area contributed by atoms with Crippen LogP contribution in [-0.2, 0) is 11.2 Å². The predicted molar refractivity (Wildman–Crippen MR) is 78.4 cm³/mol. The summed E-state index contributed by atoms with van der Waals surface area (Å²) >= 11 is 1.79. The summed E-state index contributed by atoms with van der Waals surface area (Å²) in [4.78, 5) is 14.0. The molecule has 3 rings (SSSR count). The molecule has 0 radical (unpaired) electrons. The fraction of sp³-hybridized carbons (Fsp3) is 0.667. The van der Waals surface area contributed by atoms with Gasteiger partial charge in [0, 0.05) is 11.4 Å². The van der Waals surface area contributed by atoms with Crippen molar-refractivity contribution in [3.8, 4) is 0 Å². The Morgan fingerprint density at radius 2 is 2.21 bits per heavy atom. The number of nitrogens with two attached hydrogens (primary N) is 1. The number of nitrogens with one attached hydrogen (secondary N) is 1. The first-order chi connectivity index (χ1) is 9.24. The summed E-state index contributed by atoms with van der Waals surface area (Å²) in [5.74, 6) is 0.255. The van der Waals surface area contributed by atoms with E-state index in [9.17, 15) is 4.79 Å². The van der Waals surface area contributed by atoms with Crippen LogP contribution in [-0.4, -0.2) is 18.0 Å². The van der Waals surface area contributed by atoms with E-state index in [0.29, 0.717) is 6.54 Å². The third-order valence-electron chi connectivity index (χ3n) is 4.71. The van der Waals surface area contributed by atoms with E-state index in [1.54, 1.807) is 11.3 Å². The molecule has 1 unspecified atom stereocenters. The van der Waals surface area contributed by atoms with Crippen molar-refractivity contribution in [3.05, 3.63) is 21.9 Å². The van der Waals surface area contributed by atoms with Crippen LogP contribution in [0, 0.1) is 0 Å². The van der Waals surface area contributed by atoms with Crippen molar-refractivity contribution < 1.29 is 4.79 Å². The van der Waals surface area contributed by atoms with Crippen molar-refractivity contribution >= 4 is 17.2 Å². The molecule has 1 saturated carbocycles. The average molecular weight is 278 g/mol. The van der Waals surface area contributed by atoms with E-state index in [2.05, 4.69) is 16.8 Å². The summed E-state index contributed by atoms with van der Waals surface area (Å²) in [5, 5.41) is 5.40. The number of aryl methyl sites for hydroxylation is 1. The van der Waals surface area contributed by atoms with E-state index in [0.717, 1.165) is 32.1 Å². The molecule has 3 N–H and O–H groups in total. The third kappa shape index (κ3) is 2.43. The SMILES string of the molecule is NCC1(NC(=O)C2CCCc3sccc32)CCCC1. The summed E-state index contributed by atoms with van der Waals surface area (Å²) in [6, 6.07) is 2.13. The van der Waals surface area contributed by atoms with Gasteiger partial charge in [-0.3, -0.25) is 4.79 Å². The Morgan fingerprint density at radius 3 is 2.95 bits per heavy atom. The standard InChI is InChI=1S/C15H22N2OS/c16-10-15(7-1-2-8-15)17-14(18)12-4-3-5-13-11(12)6-9-19-13/h6,9,12H,1-5,7-8,10,16H2,(H,17,18). The largest absolute Gasteiger partial charge is 0.349 e. The minimum absolute atomic E-state index is 0.0547. The second-order valence-electron chi connectivity index (χ2n) is 5.92. The highest BCUT2D eigenvalue weighted by Crippen LogP contribution is 2.36. The highest BCUT2D eigenvalue weighted by atomic mass is 32.1. The summed E-state index contributed by atoms with van der Waals surface area (Å²) in [7, 11) is 0. The zero-order valence-corrected chi connectivity index (χ0v) is 12.1. The van der Waals surface area contributed by atoms with Gasteiger partial charge >= 0.3 is 0 Å². The number of rotatable bonds is 3. The summed E-state index contributed by atoms with van der Waals surface area (Å²) in [5.41, 5.74) is 7.05. The number of fused-ring (bicyclic) bond motifs is 1. The van der Waals surface area contributed by atoms with E-state index >= 15 is 0 Å². The molecule has 0 bridgehead atoms. The quantitative estimate of drug-likeness (QED) is 0.893. The Kier molecular flexibility index (Phi) is 3.63. The van der Waals surface area contributed by atoms with E-state index in [1.807, 2.05) is 0 Å². The molecule has 0 aromatic carbocycles. The number of thiophene rings is 1. The van der Waals surface area contributed by atoms with Crippen molar-refractivity contribution in [1.29, 1.82) is 0 Å². The van der Waals surface area contributed by atoms with Gasteiger partial charge < -0.3 is 11.1 Å². The van der Waals surface area contributed by atoms with Gasteiger partial charge in [0.2, 0.25) is 5.91 Å². The van der Waals surface area contributed by atoms with Gasteiger partial charge in [-0.1, -0.05) is 12.8 Å². The molecule has 3 nitrogen and oxygen atoms in total. The van der Waals surface area contributed by atoms with Crippen LogP contribution in [0.1, 0.15) is 54.9 Å². The van der Waals surface area contributed by atoms with Crippen molar-refractivity contribution in [3.63, 3.8) is 0 Å². The first-order valence-corrected chi connectivity index (χ1v) is 8.20. The van der Waals surface area contributed by atoms with Crippen molar-refractivity contribution in [2.45, 2.75) is 56.4 Å². The minimum Gasteiger partial charge on any atom is -0.349 e. The molecule has 0 spiro atoms. The molecule has 1 heterocycles. The minimum atomic E-state index is -0.120. The smallest absolute Gasteiger partial charge is 0.228 e. The molecule has 1 amide bonds. The van der Waals surface area contributed by atoms with Gasteiger partial charge in [0.1, 0.15) is 0 Å². The van der Waals surface area contributed by atoms with Crippen LogP contribution in [0.15, 0.2) is 11.4 Å². The van der Waals surface area contributed by atoms with Crippen molar-refractivity contribution in [2.75, 3.05) is 6.54 Å². The molecule has 1 aromatic heterocycles. The molecule has 0 aliphatic heterocycles. The first kappa shape index (κ1) is 13.1. The summed E-state index contributed by atoms with van der Waals surface area (Å²) < 4.78 is 0. The maximum Gasteiger partial charge on any atom is 0.228 e. The Hall–Kier alpha value is -0.870. The van der Waals surface area contributed by atoms with E-state index < -0.39 is 0 Å². The Bertz CT molecular complexity index is 462. The second kappa shape index (κ2) is 5.25. The third-order valence-corrected chi connectivity index (χ3v) is 5.70. The zero-order chi connectivity index (χ0) is 13.3. The highest BCUT2D eigenvalue weighted by Gasteiger charge is 2.37. The van der Waals surface area contributed by atoms with Crippen LogP contribution in [0.3, 0.4) is 0 Å². The van der Waals surface area contributed by atoms with Crippen LogP contribution < -0.4 is 11.1 Å². The van der Waals surface area contributed by atoms with Crippen LogP contribution >= 0.6 is 11.3 Å². The fourth-order valence-electron chi connectivity index (χ4n) is 3.54. The lowest BCUT2D eigenvalue weighted by atomic mass is 9.86. The van der Waals surface area contributed by atoms with Crippen LogP contribution in [0.25, 0.3) is 0 Å². The highest BCUT2D eigenvalue weighted by molar-refractivity contribution is 7.10. The van der Waals surface area contributed by atoms with Gasteiger partial charge in [-0.2, -0.15) is 0 Å². The second-order valence-corrected chi connectivity index (χ2v) is 6.93. The molecular weight excluding hydrogens is 256 g/mol. The van der Waals surface area contributed by atoms with Gasteiger partial charge in [-0.05, 0) is 49.1 Å². The molecule has 2 aliphatic carbocycles. The van der Waals surface area contributed by atoms with Crippen molar-refractivity contribution in [1.82, 2.24) is 5.32 Å². The molecule has 1 atom stereocenters. The van der Waals surface area contributed by atoms with Gasteiger partial charge in [0.05, 0.1) is 11.5 Å². The number of carbonyl (C=O) groups excluding carboxylic acids is 1. The van der Waals surface area contributed by atoms with Crippen LogP contribution in [0.4, 0.5) is 0 Å². The van der Waals surface area contributed by atoms with E-state index in [-0.39, 0.29) is 17.4 Å². The first-order valence-electron chi connectivity index (χ1n) is 7.32. The van der Waals surface area contributed by atoms with Crippen LogP contribution in [0.2, 0.25) is 0 Å². The molecule has 1 aromatic rings. The lowest BCUT2D eigenvalue weighted by Gasteiger charge is -2.32. The summed E-state index contributed by atoms with van der Waals surface area (Å²) in [6.45, 7) is 0.571. The lowest BCUT2D eigenvalue weighted by molar-refractivity contribution is -0.124. The number of amides is 1. The fourth-order valence-corrected chi connectivity index (χ4v) is 4.53. The summed E-state index contributed by atoms with van der Waals surface area (Å²) in [6.07, 6.45) is 7.70. The van der Waals surface area contributed by atoms with Gasteiger partial charge in [-0.15, -0.1) is 11.3 Å². The van der Waals surface area contributed by atoms with Gasteiger partial charge in [-0.25, -0.2) is 0 Å². The Morgan fingerprint density at radius 1 is 1.42 bits per heavy atom. The van der Waals surface area contributed by atoms with E-state index in [1.165, 1.54) is 23.3 Å². The molecule has 0 saturated heterocycles. The van der Waals surface area contributed by atoms with E-state index in [4.69, 9.17) is 5.73 Å². The molecule has 2 aliphatic rings. The zero-order valence-electron chi connectivity index (χ0n) is 11.3. The maximum atomic E-state index is 12.6. The topological polar surface area (TPSA) is 55.1 Å². The molecule has 1 fully saturated rings.